The first-order chi connectivity index (χ1) is 18.4. The van der Waals surface area contributed by atoms with Gasteiger partial charge < -0.3 is 38.1 Å². The molecule has 10 nitrogen and oxygen atoms in total. The molecule has 0 heterocycles. The number of methoxy groups -OCH3 is 5. The largest absolute Gasteiger partial charge is 0.493 e. The van der Waals surface area contributed by atoms with Gasteiger partial charge in [0.1, 0.15) is 0 Å². The number of esters is 2. The molecule has 0 saturated heterocycles. The molecule has 0 aliphatic rings. The van der Waals surface area contributed by atoms with E-state index in [1.165, 1.54) is 27.4 Å². The van der Waals surface area contributed by atoms with Gasteiger partial charge in [0, 0.05) is 19.2 Å². The lowest BCUT2D eigenvalue weighted by Gasteiger charge is -2.16. The summed E-state index contributed by atoms with van der Waals surface area (Å²) in [6, 6.07) is 8.48. The van der Waals surface area contributed by atoms with Gasteiger partial charge in [0.05, 0.1) is 54.3 Å². The lowest BCUT2D eigenvalue weighted by molar-refractivity contribution is -0.137. The van der Waals surface area contributed by atoms with Gasteiger partial charge in [0.15, 0.2) is 23.0 Å². The fraction of sp³-hybridized carbons (Fsp3) is 0.429. The standard InChI is InChI=1S/C28H37NO9/c1-29(13-7-15-37-26(30)12-10-20-9-11-22(32-2)23(17-20)33-3)14-8-16-38-28(31)21-18-24(34-4)27(36-6)25(19-21)35-5/h9-12,17-19H,7-8,13-16H2,1-6H3/b12-10+. The van der Waals surface area contributed by atoms with Crippen molar-refractivity contribution >= 4 is 18.0 Å². The molecule has 2 rings (SSSR count). The molecule has 0 aliphatic heterocycles. The Bertz CT molecular complexity index is 1060. The van der Waals surface area contributed by atoms with Crippen molar-refractivity contribution in [2.24, 2.45) is 0 Å². The Labute approximate surface area is 224 Å². The average molecular weight is 532 g/mol. The molecule has 0 unspecified atom stereocenters. The molecule has 0 spiro atoms. The molecular weight excluding hydrogens is 494 g/mol. The van der Waals surface area contributed by atoms with Crippen molar-refractivity contribution in [2.45, 2.75) is 12.8 Å². The first kappa shape index (κ1) is 30.3. The van der Waals surface area contributed by atoms with Crippen LogP contribution < -0.4 is 23.7 Å². The molecule has 208 valence electrons. The Hall–Kier alpha value is -3.92. The number of rotatable bonds is 16. The Morgan fingerprint density at radius 3 is 1.87 bits per heavy atom. The van der Waals surface area contributed by atoms with E-state index >= 15 is 0 Å². The van der Waals surface area contributed by atoms with Crippen LogP contribution in [-0.4, -0.2) is 85.7 Å². The summed E-state index contributed by atoms with van der Waals surface area (Å²) >= 11 is 0. The van der Waals surface area contributed by atoms with E-state index in [4.69, 9.17) is 33.2 Å². The van der Waals surface area contributed by atoms with Gasteiger partial charge in [-0.3, -0.25) is 0 Å². The van der Waals surface area contributed by atoms with E-state index in [1.807, 2.05) is 13.1 Å². The molecule has 0 aliphatic carbocycles. The minimum atomic E-state index is -0.472. The third-order valence-electron chi connectivity index (χ3n) is 5.57. The third kappa shape index (κ3) is 9.19. The first-order valence-corrected chi connectivity index (χ1v) is 12.1. The summed E-state index contributed by atoms with van der Waals surface area (Å²) in [6.07, 6.45) is 4.38. The summed E-state index contributed by atoms with van der Waals surface area (Å²) in [4.78, 5) is 26.5. The maximum atomic E-state index is 12.5. The Kier molecular flexibility index (Phi) is 12.8. The topological polar surface area (TPSA) is 102 Å². The summed E-state index contributed by atoms with van der Waals surface area (Å²) < 4.78 is 36.9. The van der Waals surface area contributed by atoms with Gasteiger partial charge in [-0.1, -0.05) is 6.07 Å². The molecule has 38 heavy (non-hydrogen) atoms. The molecule has 2 aromatic carbocycles. The molecule has 0 radical (unpaired) electrons. The molecule has 0 fully saturated rings. The number of hydrogen-bond donors (Lipinski definition) is 0. The van der Waals surface area contributed by atoms with Crippen LogP contribution >= 0.6 is 0 Å². The van der Waals surface area contributed by atoms with Crippen LogP contribution in [0.15, 0.2) is 36.4 Å². The van der Waals surface area contributed by atoms with Crippen molar-refractivity contribution in [3.05, 3.63) is 47.5 Å². The second-order valence-corrected chi connectivity index (χ2v) is 8.18. The van der Waals surface area contributed by atoms with Crippen LogP contribution in [-0.2, 0) is 14.3 Å². The Balaban J connectivity index is 1.66. The highest BCUT2D eigenvalue weighted by atomic mass is 16.5. The second kappa shape index (κ2) is 16.0. The molecule has 2 aromatic rings. The molecule has 0 amide bonds. The predicted molar refractivity (Wildman–Crippen MR) is 143 cm³/mol. The molecule has 0 saturated carbocycles. The molecule has 0 atom stereocenters. The van der Waals surface area contributed by atoms with E-state index in [0.29, 0.717) is 53.8 Å². The van der Waals surface area contributed by atoms with E-state index < -0.39 is 11.9 Å². The number of carbonyl (C=O) groups excluding carboxylic acids is 2. The summed E-state index contributed by atoms with van der Waals surface area (Å²) in [5.74, 6) is 1.50. The van der Waals surface area contributed by atoms with Crippen molar-refractivity contribution in [1.82, 2.24) is 4.90 Å². The third-order valence-corrected chi connectivity index (χ3v) is 5.57. The number of benzene rings is 2. The van der Waals surface area contributed by atoms with Crippen LogP contribution in [0.2, 0.25) is 0 Å². The predicted octanol–water partition coefficient (Wildman–Crippen LogP) is 3.86. The normalized spacial score (nSPS) is 10.8. The van der Waals surface area contributed by atoms with E-state index in [2.05, 4.69) is 4.90 Å². The SMILES string of the molecule is COc1ccc(/C=C/C(=O)OCCCN(C)CCCOC(=O)c2cc(OC)c(OC)c(OC)c2)cc1OC. The van der Waals surface area contributed by atoms with E-state index in [1.54, 1.807) is 44.6 Å². The fourth-order valence-corrected chi connectivity index (χ4v) is 3.57. The van der Waals surface area contributed by atoms with Gasteiger partial charge in [0.25, 0.3) is 0 Å². The van der Waals surface area contributed by atoms with Crippen LogP contribution in [0.5, 0.6) is 28.7 Å². The maximum absolute atomic E-state index is 12.5. The number of carbonyl (C=O) groups is 2. The molecule has 0 aromatic heterocycles. The van der Waals surface area contributed by atoms with Crippen LogP contribution in [0.1, 0.15) is 28.8 Å². The van der Waals surface area contributed by atoms with Gasteiger partial charge in [-0.15, -0.1) is 0 Å². The summed E-state index contributed by atoms with van der Waals surface area (Å²) in [5, 5.41) is 0. The van der Waals surface area contributed by atoms with Crippen LogP contribution in [0.4, 0.5) is 0 Å². The van der Waals surface area contributed by atoms with Crippen molar-refractivity contribution < 1.29 is 42.7 Å². The fourth-order valence-electron chi connectivity index (χ4n) is 3.57. The van der Waals surface area contributed by atoms with Crippen LogP contribution in [0, 0.1) is 0 Å². The smallest absolute Gasteiger partial charge is 0.338 e. The van der Waals surface area contributed by atoms with Gasteiger partial charge >= 0.3 is 11.9 Å². The molecular formula is C28H37NO9. The zero-order valence-corrected chi connectivity index (χ0v) is 22.9. The van der Waals surface area contributed by atoms with Crippen molar-refractivity contribution in [1.29, 1.82) is 0 Å². The van der Waals surface area contributed by atoms with Gasteiger partial charge in [-0.25, -0.2) is 9.59 Å². The van der Waals surface area contributed by atoms with Gasteiger partial charge in [-0.2, -0.15) is 0 Å². The van der Waals surface area contributed by atoms with E-state index in [-0.39, 0.29) is 6.61 Å². The minimum absolute atomic E-state index is 0.260. The summed E-state index contributed by atoms with van der Waals surface area (Å²) in [7, 11) is 9.55. The lowest BCUT2D eigenvalue weighted by Crippen LogP contribution is -2.23. The zero-order chi connectivity index (χ0) is 27.9. The number of ether oxygens (including phenoxy) is 7. The van der Waals surface area contributed by atoms with Crippen molar-refractivity contribution in [2.75, 3.05) is 68.9 Å². The summed E-state index contributed by atoms with van der Waals surface area (Å²) in [5.41, 5.74) is 1.11. The molecule has 10 heteroatoms. The lowest BCUT2D eigenvalue weighted by atomic mass is 10.2. The average Bonchev–Trinajstić information content (AvgIpc) is 2.95. The highest BCUT2D eigenvalue weighted by Gasteiger charge is 2.18. The number of hydrogen-bond acceptors (Lipinski definition) is 10. The molecule has 0 N–H and O–H groups in total. The maximum Gasteiger partial charge on any atom is 0.338 e. The highest BCUT2D eigenvalue weighted by Crippen LogP contribution is 2.38. The second-order valence-electron chi connectivity index (χ2n) is 8.18. The van der Waals surface area contributed by atoms with Gasteiger partial charge in [0.2, 0.25) is 5.75 Å². The minimum Gasteiger partial charge on any atom is -0.493 e. The zero-order valence-electron chi connectivity index (χ0n) is 22.9. The molecule has 0 bridgehead atoms. The summed E-state index contributed by atoms with van der Waals surface area (Å²) in [6.45, 7) is 2.01. The van der Waals surface area contributed by atoms with Gasteiger partial charge in [-0.05, 0) is 55.8 Å². The highest BCUT2D eigenvalue weighted by molar-refractivity contribution is 5.91. The first-order valence-electron chi connectivity index (χ1n) is 12.1. The Morgan fingerprint density at radius 1 is 0.737 bits per heavy atom. The van der Waals surface area contributed by atoms with Crippen molar-refractivity contribution in [3.63, 3.8) is 0 Å². The van der Waals surface area contributed by atoms with Crippen molar-refractivity contribution in [3.8, 4) is 28.7 Å². The number of nitrogens with zero attached hydrogens (tertiary/aromatic N) is 1. The monoisotopic (exact) mass is 531 g/mol. The quantitative estimate of drug-likeness (QED) is 0.180. The Morgan fingerprint density at radius 2 is 1.32 bits per heavy atom. The van der Waals surface area contributed by atoms with E-state index in [9.17, 15) is 9.59 Å². The van der Waals surface area contributed by atoms with E-state index in [0.717, 1.165) is 18.7 Å². The van der Waals surface area contributed by atoms with Crippen LogP contribution in [0.25, 0.3) is 6.08 Å². The van der Waals surface area contributed by atoms with Crippen LogP contribution in [0.3, 0.4) is 0 Å².